The van der Waals surface area contributed by atoms with Crippen molar-refractivity contribution in [3.8, 4) is 0 Å². The van der Waals surface area contributed by atoms with Crippen LogP contribution in [0.5, 0.6) is 0 Å². The van der Waals surface area contributed by atoms with Crippen LogP contribution in [0.1, 0.15) is 37.9 Å². The molecule has 0 aromatic carbocycles. The number of rotatable bonds is 4. The maximum Gasteiger partial charge on any atom is 0.246 e. The summed E-state index contributed by atoms with van der Waals surface area (Å²) in [5, 5.41) is 7.79. The van der Waals surface area contributed by atoms with E-state index in [2.05, 4.69) is 41.3 Å². The van der Waals surface area contributed by atoms with E-state index in [-0.39, 0.29) is 5.54 Å². The summed E-state index contributed by atoms with van der Waals surface area (Å²) >= 11 is 0. The van der Waals surface area contributed by atoms with Crippen molar-refractivity contribution in [3.63, 3.8) is 0 Å². The van der Waals surface area contributed by atoms with Crippen LogP contribution >= 0.6 is 0 Å². The van der Waals surface area contributed by atoms with E-state index in [0.29, 0.717) is 6.04 Å². The Bertz CT molecular complexity index is 468. The lowest BCUT2D eigenvalue weighted by Crippen LogP contribution is -2.50. The number of hydrogen-bond donors (Lipinski definition) is 1. The molecule has 118 valence electrons. The molecule has 0 radical (unpaired) electrons. The molecule has 2 unspecified atom stereocenters. The van der Waals surface area contributed by atoms with E-state index in [9.17, 15) is 0 Å². The largest absolute Gasteiger partial charge is 0.337 e. The van der Waals surface area contributed by atoms with Gasteiger partial charge in [0.25, 0.3) is 0 Å². The number of piperazine rings is 1. The number of nitrogens with one attached hydrogen (secondary N) is 1. The van der Waals surface area contributed by atoms with Crippen LogP contribution in [-0.4, -0.2) is 66.3 Å². The summed E-state index contributed by atoms with van der Waals surface area (Å²) < 4.78 is 5.59. The molecule has 2 aliphatic rings. The first-order chi connectivity index (χ1) is 10.1. The third-order valence-electron chi connectivity index (χ3n) is 5.12. The summed E-state index contributed by atoms with van der Waals surface area (Å²) in [4.78, 5) is 9.48. The second kappa shape index (κ2) is 6.02. The predicted molar refractivity (Wildman–Crippen MR) is 81.1 cm³/mol. The van der Waals surface area contributed by atoms with Gasteiger partial charge >= 0.3 is 0 Å². The molecule has 2 fully saturated rings. The molecule has 0 aliphatic carbocycles. The summed E-state index contributed by atoms with van der Waals surface area (Å²) in [6, 6.07) is 0.475. The zero-order valence-corrected chi connectivity index (χ0v) is 13.4. The van der Waals surface area contributed by atoms with Gasteiger partial charge in [0.1, 0.15) is 0 Å². The number of nitrogens with zero attached hydrogens (tertiary/aromatic N) is 4. The van der Waals surface area contributed by atoms with Crippen LogP contribution in [-0.2, 0) is 12.0 Å². The van der Waals surface area contributed by atoms with Gasteiger partial charge < -0.3 is 19.6 Å². The normalized spacial score (nSPS) is 31.9. The smallest absolute Gasteiger partial charge is 0.246 e. The summed E-state index contributed by atoms with van der Waals surface area (Å²) in [6.45, 7) is 6.53. The minimum atomic E-state index is -0.0828. The molecule has 0 saturated carbocycles. The first-order valence-corrected chi connectivity index (χ1v) is 8.10. The molecule has 2 atom stereocenters. The van der Waals surface area contributed by atoms with Gasteiger partial charge in [-0.1, -0.05) is 12.1 Å². The van der Waals surface area contributed by atoms with Crippen LogP contribution in [0.15, 0.2) is 4.52 Å². The van der Waals surface area contributed by atoms with Crippen molar-refractivity contribution in [1.29, 1.82) is 0 Å². The Balaban J connectivity index is 1.70. The molecule has 3 heterocycles. The number of likely N-dealkylation sites (N-methyl/N-ethyl adjacent to an activating group) is 2. The molecule has 2 aliphatic heterocycles. The summed E-state index contributed by atoms with van der Waals surface area (Å²) in [7, 11) is 4.36. The molecule has 21 heavy (non-hydrogen) atoms. The summed E-state index contributed by atoms with van der Waals surface area (Å²) in [5.41, 5.74) is -0.0828. The van der Waals surface area contributed by atoms with Crippen molar-refractivity contribution < 1.29 is 4.52 Å². The molecule has 1 N–H and O–H groups in total. The van der Waals surface area contributed by atoms with E-state index in [4.69, 9.17) is 9.51 Å². The lowest BCUT2D eigenvalue weighted by atomic mass is 9.94. The quantitative estimate of drug-likeness (QED) is 0.888. The standard InChI is InChI=1S/C15H27N5O/c1-4-15(6-5-7-16-15)14-17-13(18-21-14)10-12-11-19(2)8-9-20(12)3/h12,16H,4-11H2,1-3H3. The molecule has 0 amide bonds. The van der Waals surface area contributed by atoms with Gasteiger partial charge in [0.2, 0.25) is 5.89 Å². The number of aromatic nitrogens is 2. The Morgan fingerprint density at radius 3 is 2.95 bits per heavy atom. The molecular weight excluding hydrogens is 266 g/mol. The van der Waals surface area contributed by atoms with Crippen LogP contribution in [0.2, 0.25) is 0 Å². The third-order valence-corrected chi connectivity index (χ3v) is 5.12. The van der Waals surface area contributed by atoms with Crippen molar-refractivity contribution in [3.05, 3.63) is 11.7 Å². The van der Waals surface area contributed by atoms with Gasteiger partial charge in [0.15, 0.2) is 5.82 Å². The lowest BCUT2D eigenvalue weighted by Gasteiger charge is -2.37. The van der Waals surface area contributed by atoms with Gasteiger partial charge in [0, 0.05) is 32.1 Å². The lowest BCUT2D eigenvalue weighted by molar-refractivity contribution is 0.113. The molecule has 2 saturated heterocycles. The van der Waals surface area contributed by atoms with E-state index >= 15 is 0 Å². The highest BCUT2D eigenvalue weighted by Gasteiger charge is 2.39. The van der Waals surface area contributed by atoms with Gasteiger partial charge in [-0.25, -0.2) is 0 Å². The minimum Gasteiger partial charge on any atom is -0.337 e. The van der Waals surface area contributed by atoms with Gasteiger partial charge in [-0.3, -0.25) is 0 Å². The van der Waals surface area contributed by atoms with Gasteiger partial charge in [-0.2, -0.15) is 4.98 Å². The molecule has 1 aromatic rings. The molecule has 6 heteroatoms. The van der Waals surface area contributed by atoms with Crippen LogP contribution < -0.4 is 5.32 Å². The Labute approximate surface area is 126 Å². The molecule has 3 rings (SSSR count). The van der Waals surface area contributed by atoms with Gasteiger partial charge in [0.05, 0.1) is 5.54 Å². The van der Waals surface area contributed by atoms with E-state index in [1.807, 2.05) is 0 Å². The van der Waals surface area contributed by atoms with Crippen LogP contribution in [0.4, 0.5) is 0 Å². The van der Waals surface area contributed by atoms with Crippen LogP contribution in [0, 0.1) is 0 Å². The average Bonchev–Trinajstić information content (AvgIpc) is 3.12. The molecular formula is C15H27N5O. The minimum absolute atomic E-state index is 0.0828. The zero-order chi connectivity index (χ0) is 14.9. The van der Waals surface area contributed by atoms with E-state index < -0.39 is 0 Å². The second-order valence-electron chi connectivity index (χ2n) is 6.58. The van der Waals surface area contributed by atoms with E-state index in [1.54, 1.807) is 0 Å². The van der Waals surface area contributed by atoms with Crippen molar-refractivity contribution in [2.45, 2.75) is 44.2 Å². The van der Waals surface area contributed by atoms with Crippen molar-refractivity contribution >= 4 is 0 Å². The molecule has 0 bridgehead atoms. The Kier molecular flexibility index (Phi) is 4.28. The Morgan fingerprint density at radius 2 is 2.24 bits per heavy atom. The van der Waals surface area contributed by atoms with E-state index in [0.717, 1.165) is 57.2 Å². The molecule has 1 aromatic heterocycles. The molecule has 0 spiro atoms. The zero-order valence-electron chi connectivity index (χ0n) is 13.4. The Morgan fingerprint density at radius 1 is 1.38 bits per heavy atom. The molecule has 6 nitrogen and oxygen atoms in total. The van der Waals surface area contributed by atoms with Crippen molar-refractivity contribution in [1.82, 2.24) is 25.3 Å². The highest BCUT2D eigenvalue weighted by Crippen LogP contribution is 2.32. The monoisotopic (exact) mass is 293 g/mol. The predicted octanol–water partition coefficient (Wildman–Crippen LogP) is 0.847. The third kappa shape index (κ3) is 2.98. The topological polar surface area (TPSA) is 57.4 Å². The van der Waals surface area contributed by atoms with Gasteiger partial charge in [-0.05, 0) is 39.9 Å². The maximum absolute atomic E-state index is 5.59. The number of hydrogen-bond acceptors (Lipinski definition) is 6. The van der Waals surface area contributed by atoms with Gasteiger partial charge in [-0.15, -0.1) is 0 Å². The van der Waals surface area contributed by atoms with Crippen molar-refractivity contribution in [2.75, 3.05) is 40.3 Å². The fraction of sp³-hybridized carbons (Fsp3) is 0.867. The van der Waals surface area contributed by atoms with Crippen LogP contribution in [0.25, 0.3) is 0 Å². The Hall–Kier alpha value is -0.980. The first kappa shape index (κ1) is 14.9. The highest BCUT2D eigenvalue weighted by molar-refractivity contribution is 5.07. The first-order valence-electron chi connectivity index (χ1n) is 8.10. The van der Waals surface area contributed by atoms with Crippen molar-refractivity contribution in [2.24, 2.45) is 0 Å². The van der Waals surface area contributed by atoms with Crippen LogP contribution in [0.3, 0.4) is 0 Å². The highest BCUT2D eigenvalue weighted by atomic mass is 16.5. The fourth-order valence-electron chi connectivity index (χ4n) is 3.51. The van der Waals surface area contributed by atoms with E-state index in [1.165, 1.54) is 6.42 Å². The SMILES string of the molecule is CCC1(c2nc(CC3CN(C)CCN3C)no2)CCCN1. The fourth-order valence-corrected chi connectivity index (χ4v) is 3.51. The average molecular weight is 293 g/mol. The summed E-state index contributed by atoms with van der Waals surface area (Å²) in [6.07, 6.45) is 4.14. The maximum atomic E-state index is 5.59. The summed E-state index contributed by atoms with van der Waals surface area (Å²) in [5.74, 6) is 1.63. The second-order valence-corrected chi connectivity index (χ2v) is 6.58.